The first-order chi connectivity index (χ1) is 12.7. The lowest BCUT2D eigenvalue weighted by atomic mass is 10.1. The van der Waals surface area contributed by atoms with Crippen LogP contribution in [0.5, 0.6) is 0 Å². The minimum Gasteiger partial charge on any atom is -0.279 e. The maximum atomic E-state index is 12.6. The molecule has 9 heteroatoms. The standard InChI is InChI=1S/C18H20N2O5S2/c1-3-14-6-4-5-7-17(14)19-27(24,25)16-10-8-15(9-11-16)20-18(21)13(2)12-26(20,22)23/h4-11,13,19H,3,12H2,1-2H3/t13-/m1/s1. The van der Waals surface area contributed by atoms with E-state index in [4.69, 9.17) is 0 Å². The number of carbonyl (C=O) groups excluding carboxylic acids is 1. The highest BCUT2D eigenvalue weighted by molar-refractivity contribution is 7.94. The van der Waals surface area contributed by atoms with Crippen molar-refractivity contribution in [1.29, 1.82) is 0 Å². The first-order valence-electron chi connectivity index (χ1n) is 8.43. The molecule has 1 saturated heterocycles. The number of benzene rings is 2. The second-order valence-corrected chi connectivity index (χ2v) is 9.94. The molecule has 1 N–H and O–H groups in total. The molecule has 0 bridgehead atoms. The molecular weight excluding hydrogens is 388 g/mol. The summed E-state index contributed by atoms with van der Waals surface area (Å²) >= 11 is 0. The maximum Gasteiger partial charge on any atom is 0.261 e. The first-order valence-corrected chi connectivity index (χ1v) is 11.5. The zero-order valence-corrected chi connectivity index (χ0v) is 16.5. The van der Waals surface area contributed by atoms with Crippen LogP contribution in [0.15, 0.2) is 53.4 Å². The average molecular weight is 409 g/mol. The molecule has 1 heterocycles. The summed E-state index contributed by atoms with van der Waals surface area (Å²) in [4.78, 5) is 12.1. The molecule has 0 spiro atoms. The molecule has 0 unspecified atom stereocenters. The largest absolute Gasteiger partial charge is 0.279 e. The van der Waals surface area contributed by atoms with E-state index < -0.39 is 31.9 Å². The van der Waals surface area contributed by atoms with Crippen molar-refractivity contribution in [1.82, 2.24) is 0 Å². The Kier molecular flexibility index (Phi) is 5.00. The van der Waals surface area contributed by atoms with Crippen LogP contribution in [0, 0.1) is 5.92 Å². The summed E-state index contributed by atoms with van der Waals surface area (Å²) in [6.45, 7) is 3.48. The summed E-state index contributed by atoms with van der Waals surface area (Å²) in [5.41, 5.74) is 1.49. The fourth-order valence-electron chi connectivity index (χ4n) is 2.98. The summed E-state index contributed by atoms with van der Waals surface area (Å²) in [6, 6.07) is 12.3. The fraction of sp³-hybridized carbons (Fsp3) is 0.278. The number of anilines is 2. The number of hydrogen-bond acceptors (Lipinski definition) is 5. The molecule has 1 amide bonds. The van der Waals surface area contributed by atoms with E-state index in [2.05, 4.69) is 4.72 Å². The molecule has 0 saturated carbocycles. The summed E-state index contributed by atoms with van der Waals surface area (Å²) < 4.78 is 52.9. The minimum absolute atomic E-state index is 0.0192. The van der Waals surface area contributed by atoms with Crippen molar-refractivity contribution in [2.75, 3.05) is 14.8 Å². The molecule has 27 heavy (non-hydrogen) atoms. The van der Waals surface area contributed by atoms with E-state index in [1.807, 2.05) is 19.1 Å². The van der Waals surface area contributed by atoms with Gasteiger partial charge >= 0.3 is 0 Å². The quantitative estimate of drug-likeness (QED) is 0.819. The number of nitrogens with zero attached hydrogens (tertiary/aromatic N) is 1. The molecule has 0 radical (unpaired) electrons. The van der Waals surface area contributed by atoms with Gasteiger partial charge in [-0.1, -0.05) is 32.0 Å². The van der Waals surface area contributed by atoms with Gasteiger partial charge in [0, 0.05) is 0 Å². The molecule has 1 fully saturated rings. The number of para-hydroxylation sites is 1. The Morgan fingerprint density at radius 2 is 1.74 bits per heavy atom. The second kappa shape index (κ2) is 6.97. The van der Waals surface area contributed by atoms with Crippen molar-refractivity contribution < 1.29 is 21.6 Å². The number of aryl methyl sites for hydroxylation is 1. The van der Waals surface area contributed by atoms with Gasteiger partial charge in [0.1, 0.15) is 0 Å². The van der Waals surface area contributed by atoms with E-state index in [-0.39, 0.29) is 16.3 Å². The van der Waals surface area contributed by atoms with E-state index in [0.717, 1.165) is 9.87 Å². The van der Waals surface area contributed by atoms with E-state index in [9.17, 15) is 21.6 Å². The number of amides is 1. The Bertz CT molecular complexity index is 1080. The summed E-state index contributed by atoms with van der Waals surface area (Å²) in [5, 5.41) is 0. The van der Waals surface area contributed by atoms with Gasteiger partial charge in [-0.3, -0.25) is 9.52 Å². The predicted octanol–water partition coefficient (Wildman–Crippen LogP) is 2.36. The minimum atomic E-state index is -3.84. The Balaban J connectivity index is 1.90. The highest BCUT2D eigenvalue weighted by Gasteiger charge is 2.41. The van der Waals surface area contributed by atoms with E-state index in [0.29, 0.717) is 12.1 Å². The van der Waals surface area contributed by atoms with Crippen LogP contribution in [-0.2, 0) is 31.3 Å². The van der Waals surface area contributed by atoms with E-state index in [1.165, 1.54) is 24.3 Å². The van der Waals surface area contributed by atoms with Crippen molar-refractivity contribution in [3.8, 4) is 0 Å². The van der Waals surface area contributed by atoms with Crippen LogP contribution in [0.2, 0.25) is 0 Å². The van der Waals surface area contributed by atoms with Gasteiger partial charge in [0.2, 0.25) is 15.9 Å². The lowest BCUT2D eigenvalue weighted by Gasteiger charge is -2.16. The van der Waals surface area contributed by atoms with Crippen LogP contribution < -0.4 is 9.03 Å². The van der Waals surface area contributed by atoms with Crippen LogP contribution >= 0.6 is 0 Å². The second-order valence-electron chi connectivity index (χ2n) is 6.39. The topological polar surface area (TPSA) is 101 Å². The normalized spacial score (nSPS) is 19.3. The number of nitrogens with one attached hydrogen (secondary N) is 1. The van der Waals surface area contributed by atoms with Gasteiger partial charge in [0.15, 0.2) is 0 Å². The fourth-order valence-corrected chi connectivity index (χ4v) is 5.90. The third-order valence-corrected chi connectivity index (χ3v) is 7.63. The van der Waals surface area contributed by atoms with Crippen LogP contribution in [0.4, 0.5) is 11.4 Å². The van der Waals surface area contributed by atoms with Crippen LogP contribution in [0.25, 0.3) is 0 Å². The molecule has 3 rings (SSSR count). The van der Waals surface area contributed by atoms with Crippen molar-refractivity contribution >= 4 is 37.3 Å². The number of rotatable bonds is 5. The van der Waals surface area contributed by atoms with E-state index >= 15 is 0 Å². The third-order valence-electron chi connectivity index (χ3n) is 4.38. The molecule has 1 atom stereocenters. The van der Waals surface area contributed by atoms with Gasteiger partial charge in [-0.15, -0.1) is 0 Å². The van der Waals surface area contributed by atoms with Gasteiger partial charge in [-0.25, -0.2) is 21.1 Å². The lowest BCUT2D eigenvalue weighted by Crippen LogP contribution is -2.30. The van der Waals surface area contributed by atoms with Crippen LogP contribution in [0.3, 0.4) is 0 Å². The van der Waals surface area contributed by atoms with E-state index in [1.54, 1.807) is 19.1 Å². The highest BCUT2D eigenvalue weighted by atomic mass is 32.2. The molecule has 0 aromatic heterocycles. The zero-order chi connectivity index (χ0) is 19.8. The molecule has 144 valence electrons. The van der Waals surface area contributed by atoms with Crippen molar-refractivity contribution in [3.05, 3.63) is 54.1 Å². The Labute approximate surface area is 159 Å². The first kappa shape index (κ1) is 19.4. The number of sulfonamides is 2. The molecule has 1 aliphatic rings. The van der Waals surface area contributed by atoms with Gasteiger partial charge in [0.25, 0.3) is 10.0 Å². The average Bonchev–Trinajstić information content (AvgIpc) is 2.82. The Morgan fingerprint density at radius 3 is 2.30 bits per heavy atom. The summed E-state index contributed by atoms with van der Waals surface area (Å²) in [7, 11) is -7.57. The monoisotopic (exact) mass is 408 g/mol. The third kappa shape index (κ3) is 3.70. The molecule has 2 aromatic rings. The van der Waals surface area contributed by atoms with Crippen molar-refractivity contribution in [2.24, 2.45) is 5.92 Å². The van der Waals surface area contributed by atoms with Crippen LogP contribution in [0.1, 0.15) is 19.4 Å². The summed E-state index contributed by atoms with van der Waals surface area (Å²) in [6.07, 6.45) is 0.671. The SMILES string of the molecule is CCc1ccccc1NS(=O)(=O)c1ccc(N2C(=O)[C@H](C)CS2(=O)=O)cc1. The summed E-state index contributed by atoms with van der Waals surface area (Å²) in [5.74, 6) is -1.38. The van der Waals surface area contributed by atoms with Gasteiger partial charge < -0.3 is 0 Å². The molecule has 1 aliphatic heterocycles. The molecule has 0 aliphatic carbocycles. The van der Waals surface area contributed by atoms with Gasteiger partial charge in [-0.2, -0.15) is 0 Å². The molecule has 7 nitrogen and oxygen atoms in total. The Hall–Kier alpha value is -2.39. The molecule has 2 aromatic carbocycles. The van der Waals surface area contributed by atoms with Crippen molar-refractivity contribution in [2.45, 2.75) is 25.2 Å². The van der Waals surface area contributed by atoms with Crippen molar-refractivity contribution in [3.63, 3.8) is 0 Å². The highest BCUT2D eigenvalue weighted by Crippen LogP contribution is 2.29. The van der Waals surface area contributed by atoms with Gasteiger partial charge in [0.05, 0.1) is 27.9 Å². The number of hydrogen-bond donors (Lipinski definition) is 1. The zero-order valence-electron chi connectivity index (χ0n) is 14.9. The lowest BCUT2D eigenvalue weighted by molar-refractivity contribution is -0.119. The van der Waals surface area contributed by atoms with Crippen LogP contribution in [-0.4, -0.2) is 28.5 Å². The predicted molar refractivity (Wildman–Crippen MR) is 104 cm³/mol. The number of carbonyl (C=O) groups is 1. The molecular formula is C18H20N2O5S2. The Morgan fingerprint density at radius 1 is 1.11 bits per heavy atom. The maximum absolute atomic E-state index is 12.6. The smallest absolute Gasteiger partial charge is 0.261 e. The van der Waals surface area contributed by atoms with Gasteiger partial charge in [-0.05, 0) is 42.3 Å².